The molecule has 5 heteroatoms. The average Bonchev–Trinajstić information content (AvgIpc) is 2.29. The van der Waals surface area contributed by atoms with E-state index in [1.165, 1.54) is 6.26 Å². The molecule has 0 fully saturated rings. The lowest BCUT2D eigenvalue weighted by molar-refractivity contribution is -0.136. The van der Waals surface area contributed by atoms with Crippen LogP contribution in [-0.4, -0.2) is 11.1 Å². The highest BCUT2D eigenvalue weighted by Gasteiger charge is 2.08. The molecule has 1 aromatic carbocycles. The summed E-state index contributed by atoms with van der Waals surface area (Å²) >= 11 is 3.28. The number of aryl methyl sites for hydroxylation is 1. The van der Waals surface area contributed by atoms with Gasteiger partial charge in [-0.2, -0.15) is 0 Å². The molecule has 0 aliphatic carbocycles. The van der Waals surface area contributed by atoms with Crippen molar-refractivity contribution >= 4 is 32.9 Å². The van der Waals surface area contributed by atoms with Crippen LogP contribution in [0.4, 0.5) is 0 Å². The fourth-order valence-electron chi connectivity index (χ4n) is 1.56. The van der Waals surface area contributed by atoms with Crippen molar-refractivity contribution in [3.63, 3.8) is 0 Å². The molecule has 17 heavy (non-hydrogen) atoms. The molecule has 0 saturated heterocycles. The van der Waals surface area contributed by atoms with Gasteiger partial charge in [0.2, 0.25) is 0 Å². The van der Waals surface area contributed by atoms with Crippen molar-refractivity contribution in [2.75, 3.05) is 0 Å². The average molecular weight is 297 g/mol. The lowest BCUT2D eigenvalue weighted by Crippen LogP contribution is -2.10. The van der Waals surface area contributed by atoms with Crippen molar-refractivity contribution in [3.8, 4) is 0 Å². The van der Waals surface area contributed by atoms with Crippen LogP contribution in [0.1, 0.15) is 12.0 Å². The van der Waals surface area contributed by atoms with Gasteiger partial charge >= 0.3 is 5.97 Å². The van der Waals surface area contributed by atoms with E-state index in [0.717, 1.165) is 4.47 Å². The molecule has 0 aliphatic rings. The van der Waals surface area contributed by atoms with Crippen LogP contribution in [0.3, 0.4) is 0 Å². The molecule has 0 spiro atoms. The molecule has 2 aromatic rings. The second kappa shape index (κ2) is 4.71. The number of carbonyl (C=O) groups is 1. The van der Waals surface area contributed by atoms with Crippen molar-refractivity contribution in [1.29, 1.82) is 0 Å². The van der Waals surface area contributed by atoms with Gasteiger partial charge in [-0.15, -0.1) is 0 Å². The Morgan fingerprint density at radius 3 is 2.88 bits per heavy atom. The number of halogens is 1. The Balaban J connectivity index is 2.49. The smallest absolute Gasteiger partial charge is 0.303 e. The Bertz CT molecular complexity index is 630. The monoisotopic (exact) mass is 296 g/mol. The molecule has 0 atom stereocenters. The van der Waals surface area contributed by atoms with Crippen LogP contribution >= 0.6 is 15.9 Å². The zero-order valence-electron chi connectivity index (χ0n) is 8.77. The molecule has 1 aromatic heterocycles. The molecular formula is C12H9BrO4. The molecule has 0 aliphatic heterocycles. The van der Waals surface area contributed by atoms with E-state index >= 15 is 0 Å². The highest BCUT2D eigenvalue weighted by molar-refractivity contribution is 9.10. The Kier molecular flexibility index (Phi) is 3.28. The summed E-state index contributed by atoms with van der Waals surface area (Å²) in [6.45, 7) is 0. The second-order valence-corrected chi connectivity index (χ2v) is 4.54. The number of hydrogen-bond donors (Lipinski definition) is 1. The normalized spacial score (nSPS) is 10.6. The molecule has 2 rings (SSSR count). The minimum atomic E-state index is -0.932. The van der Waals surface area contributed by atoms with Gasteiger partial charge < -0.3 is 9.52 Å². The van der Waals surface area contributed by atoms with Crippen LogP contribution in [0.5, 0.6) is 0 Å². The molecule has 1 N–H and O–H groups in total. The van der Waals surface area contributed by atoms with Gasteiger partial charge in [-0.25, -0.2) is 0 Å². The van der Waals surface area contributed by atoms with Gasteiger partial charge in [0.1, 0.15) is 5.58 Å². The Labute approximate surface area is 105 Å². The third kappa shape index (κ3) is 2.55. The van der Waals surface area contributed by atoms with Gasteiger partial charge in [0.25, 0.3) is 0 Å². The number of benzene rings is 1. The molecule has 88 valence electrons. The van der Waals surface area contributed by atoms with Crippen LogP contribution in [0, 0.1) is 0 Å². The number of carboxylic acids is 1. The zero-order chi connectivity index (χ0) is 12.4. The summed E-state index contributed by atoms with van der Waals surface area (Å²) in [5.74, 6) is -0.932. The summed E-state index contributed by atoms with van der Waals surface area (Å²) in [6.07, 6.45) is 1.44. The first-order valence-electron chi connectivity index (χ1n) is 4.99. The summed E-state index contributed by atoms with van der Waals surface area (Å²) in [4.78, 5) is 22.5. The van der Waals surface area contributed by atoms with Gasteiger partial charge in [-0.3, -0.25) is 9.59 Å². The van der Waals surface area contributed by atoms with Crippen LogP contribution in [0.15, 0.2) is 38.1 Å². The summed E-state index contributed by atoms with van der Waals surface area (Å²) in [5.41, 5.74) is 0.712. The maximum atomic E-state index is 12.0. The van der Waals surface area contributed by atoms with Crippen molar-refractivity contribution in [1.82, 2.24) is 0 Å². The van der Waals surface area contributed by atoms with Crippen molar-refractivity contribution in [2.45, 2.75) is 12.8 Å². The van der Waals surface area contributed by atoms with Gasteiger partial charge in [0.15, 0.2) is 5.43 Å². The van der Waals surface area contributed by atoms with Crippen LogP contribution < -0.4 is 5.43 Å². The fourth-order valence-corrected chi connectivity index (χ4v) is 1.92. The first-order valence-corrected chi connectivity index (χ1v) is 5.79. The first-order chi connectivity index (χ1) is 8.08. The van der Waals surface area contributed by atoms with E-state index in [2.05, 4.69) is 15.9 Å². The SMILES string of the molecule is O=C(O)CCc1coc2ccc(Br)cc2c1=O. The maximum absolute atomic E-state index is 12.0. The molecule has 0 saturated carbocycles. The second-order valence-electron chi connectivity index (χ2n) is 3.62. The molecule has 0 radical (unpaired) electrons. The molecular weight excluding hydrogens is 288 g/mol. The predicted molar refractivity (Wildman–Crippen MR) is 66.1 cm³/mol. The largest absolute Gasteiger partial charge is 0.481 e. The minimum absolute atomic E-state index is 0.0791. The standard InChI is InChI=1S/C12H9BrO4/c13-8-2-3-10-9(5-8)12(16)7(6-17-10)1-4-11(14)15/h2-3,5-6H,1,4H2,(H,14,15). The molecule has 0 unspecified atom stereocenters. The van der Waals surface area contributed by atoms with Crippen LogP contribution in [0.2, 0.25) is 0 Å². The Morgan fingerprint density at radius 1 is 1.41 bits per heavy atom. The number of fused-ring (bicyclic) bond motifs is 1. The van der Waals surface area contributed by atoms with E-state index in [-0.39, 0.29) is 18.3 Å². The maximum Gasteiger partial charge on any atom is 0.303 e. The third-order valence-electron chi connectivity index (χ3n) is 2.41. The number of carboxylic acid groups (broad SMARTS) is 1. The highest BCUT2D eigenvalue weighted by Crippen LogP contribution is 2.17. The number of hydrogen-bond acceptors (Lipinski definition) is 3. The number of aliphatic carboxylic acids is 1. The third-order valence-corrected chi connectivity index (χ3v) is 2.91. The Hall–Kier alpha value is -1.62. The van der Waals surface area contributed by atoms with E-state index in [1.807, 2.05) is 0 Å². The van der Waals surface area contributed by atoms with Gasteiger partial charge in [0, 0.05) is 16.5 Å². The van der Waals surface area contributed by atoms with E-state index < -0.39 is 5.97 Å². The summed E-state index contributed by atoms with van der Waals surface area (Å²) < 4.78 is 6.08. The van der Waals surface area contributed by atoms with Gasteiger partial charge in [0.05, 0.1) is 11.6 Å². The van der Waals surface area contributed by atoms with Crippen molar-refractivity contribution < 1.29 is 14.3 Å². The van der Waals surface area contributed by atoms with Gasteiger partial charge in [-0.1, -0.05) is 15.9 Å². The molecule has 0 amide bonds. The van der Waals surface area contributed by atoms with E-state index in [9.17, 15) is 9.59 Å². The summed E-state index contributed by atoms with van der Waals surface area (Å²) in [5, 5.41) is 9.04. The van der Waals surface area contributed by atoms with E-state index in [0.29, 0.717) is 16.5 Å². The Morgan fingerprint density at radius 2 is 2.18 bits per heavy atom. The van der Waals surface area contributed by atoms with E-state index in [1.54, 1.807) is 18.2 Å². The first kappa shape index (κ1) is 11.9. The number of rotatable bonds is 3. The minimum Gasteiger partial charge on any atom is -0.481 e. The fraction of sp³-hybridized carbons (Fsp3) is 0.167. The predicted octanol–water partition coefficient (Wildman–Crippen LogP) is 2.57. The lowest BCUT2D eigenvalue weighted by Gasteiger charge is -2.01. The highest BCUT2D eigenvalue weighted by atomic mass is 79.9. The molecule has 4 nitrogen and oxygen atoms in total. The molecule has 0 bridgehead atoms. The van der Waals surface area contributed by atoms with E-state index in [4.69, 9.17) is 9.52 Å². The quantitative estimate of drug-likeness (QED) is 0.945. The van der Waals surface area contributed by atoms with Crippen molar-refractivity contribution in [3.05, 3.63) is 44.7 Å². The summed E-state index contributed by atoms with van der Waals surface area (Å²) in [6, 6.07) is 5.15. The van der Waals surface area contributed by atoms with Gasteiger partial charge in [-0.05, 0) is 24.6 Å². The topological polar surface area (TPSA) is 67.5 Å². The summed E-state index contributed by atoms with van der Waals surface area (Å²) in [7, 11) is 0. The van der Waals surface area contributed by atoms with Crippen molar-refractivity contribution in [2.24, 2.45) is 0 Å². The zero-order valence-corrected chi connectivity index (χ0v) is 10.4. The lowest BCUT2D eigenvalue weighted by atomic mass is 10.1. The molecule has 1 heterocycles. The van der Waals surface area contributed by atoms with Crippen LogP contribution in [-0.2, 0) is 11.2 Å². The van der Waals surface area contributed by atoms with Crippen LogP contribution in [0.25, 0.3) is 11.0 Å².